The molecular weight excluding hydrogens is 530 g/mol. The molecule has 30 heavy (non-hydrogen) atoms. The van der Waals surface area contributed by atoms with E-state index in [1.165, 1.54) is 4.90 Å². The molecule has 0 radical (unpaired) electrons. The summed E-state index contributed by atoms with van der Waals surface area (Å²) in [5.74, 6) is 0.348. The average molecular weight is 545 g/mol. The zero-order valence-corrected chi connectivity index (χ0v) is 19.5. The van der Waals surface area contributed by atoms with E-state index in [-0.39, 0.29) is 11.1 Å². The van der Waals surface area contributed by atoms with Crippen LogP contribution in [0.1, 0.15) is 11.1 Å². The molecule has 0 saturated carbocycles. The van der Waals surface area contributed by atoms with Gasteiger partial charge in [0.1, 0.15) is 12.4 Å². The normalized spacial score (nSPS) is 15.1. The maximum absolute atomic E-state index is 12.8. The monoisotopic (exact) mass is 543 g/mol. The van der Waals surface area contributed by atoms with E-state index < -0.39 is 0 Å². The number of rotatable bonds is 5. The highest BCUT2D eigenvalue weighted by molar-refractivity contribution is 9.11. The summed E-state index contributed by atoms with van der Waals surface area (Å²) in [5, 5.41) is -0.307. The van der Waals surface area contributed by atoms with Gasteiger partial charge in [0.2, 0.25) is 0 Å². The SMILES string of the molecule is O=C1S/C(=C\c2cc(Br)c(OCc3ccccc3)c(Br)c2)C(=O)N1c1ccccc1. The van der Waals surface area contributed by atoms with Crippen LogP contribution in [0.5, 0.6) is 5.75 Å². The van der Waals surface area contributed by atoms with Crippen LogP contribution in [0, 0.1) is 0 Å². The van der Waals surface area contributed by atoms with Crippen LogP contribution in [0.3, 0.4) is 0 Å². The van der Waals surface area contributed by atoms with Crippen LogP contribution in [-0.2, 0) is 11.4 Å². The first-order chi connectivity index (χ1) is 14.5. The Hall–Kier alpha value is -2.35. The zero-order valence-electron chi connectivity index (χ0n) is 15.5. The molecule has 0 aliphatic carbocycles. The second-order valence-electron chi connectivity index (χ2n) is 6.44. The van der Waals surface area contributed by atoms with Gasteiger partial charge >= 0.3 is 0 Å². The minimum Gasteiger partial charge on any atom is -0.487 e. The van der Waals surface area contributed by atoms with Crippen LogP contribution >= 0.6 is 43.6 Å². The highest BCUT2D eigenvalue weighted by atomic mass is 79.9. The number of halogens is 2. The molecule has 1 aliphatic heterocycles. The first kappa shape index (κ1) is 20.9. The van der Waals surface area contributed by atoms with Crippen molar-refractivity contribution in [2.24, 2.45) is 0 Å². The Balaban J connectivity index is 1.55. The van der Waals surface area contributed by atoms with Gasteiger partial charge in [0.25, 0.3) is 11.1 Å². The summed E-state index contributed by atoms with van der Waals surface area (Å²) < 4.78 is 7.45. The Bertz CT molecular complexity index is 1110. The number of carbonyl (C=O) groups is 2. The number of amides is 2. The molecule has 1 saturated heterocycles. The summed E-state index contributed by atoms with van der Waals surface area (Å²) in [6.07, 6.45) is 1.71. The first-order valence-corrected chi connectivity index (χ1v) is 11.4. The molecule has 1 fully saturated rings. The third-order valence-electron chi connectivity index (χ3n) is 4.35. The molecule has 0 atom stereocenters. The van der Waals surface area contributed by atoms with Crippen molar-refractivity contribution in [2.75, 3.05) is 4.90 Å². The lowest BCUT2D eigenvalue weighted by molar-refractivity contribution is -0.113. The molecular formula is C23H15Br2NO3S. The standard InChI is InChI=1S/C23H15Br2NO3S/c24-18-11-16(12-19(25)21(18)29-14-15-7-3-1-4-8-15)13-20-22(27)26(23(28)30-20)17-9-5-2-6-10-17/h1-13H,14H2/b20-13-. The van der Waals surface area contributed by atoms with Crippen molar-refractivity contribution in [1.82, 2.24) is 0 Å². The smallest absolute Gasteiger partial charge is 0.298 e. The number of carbonyl (C=O) groups excluding carboxylic acids is 2. The molecule has 4 nitrogen and oxygen atoms in total. The lowest BCUT2D eigenvalue weighted by Gasteiger charge is -2.12. The summed E-state index contributed by atoms with van der Waals surface area (Å²) >= 11 is 8.02. The van der Waals surface area contributed by atoms with E-state index in [2.05, 4.69) is 31.9 Å². The van der Waals surface area contributed by atoms with Crippen molar-refractivity contribution in [3.05, 3.63) is 97.8 Å². The van der Waals surface area contributed by atoms with E-state index in [0.717, 1.165) is 31.8 Å². The summed E-state index contributed by atoms with van der Waals surface area (Å²) in [4.78, 5) is 26.7. The number of para-hydroxylation sites is 1. The van der Waals surface area contributed by atoms with Gasteiger partial charge in [0.05, 0.1) is 19.5 Å². The van der Waals surface area contributed by atoms with Crippen molar-refractivity contribution >= 4 is 66.5 Å². The largest absolute Gasteiger partial charge is 0.487 e. The lowest BCUT2D eigenvalue weighted by Crippen LogP contribution is -2.27. The average Bonchev–Trinajstić information content (AvgIpc) is 3.01. The summed E-state index contributed by atoms with van der Waals surface area (Å²) in [6.45, 7) is 0.438. The Morgan fingerprint density at radius 3 is 2.13 bits per heavy atom. The van der Waals surface area contributed by atoms with E-state index in [9.17, 15) is 9.59 Å². The number of ether oxygens (including phenoxy) is 1. The fourth-order valence-corrected chi connectivity index (χ4v) is 5.24. The van der Waals surface area contributed by atoms with E-state index >= 15 is 0 Å². The van der Waals surface area contributed by atoms with E-state index in [4.69, 9.17) is 4.74 Å². The number of imide groups is 1. The summed E-state index contributed by atoms with van der Waals surface area (Å²) in [5.41, 5.74) is 2.41. The predicted octanol–water partition coefficient (Wildman–Crippen LogP) is 7.03. The Morgan fingerprint density at radius 1 is 0.900 bits per heavy atom. The van der Waals surface area contributed by atoms with Gasteiger partial charge in [-0.15, -0.1) is 0 Å². The lowest BCUT2D eigenvalue weighted by atomic mass is 10.2. The molecule has 0 bridgehead atoms. The number of anilines is 1. The number of hydrogen-bond acceptors (Lipinski definition) is 4. The maximum atomic E-state index is 12.8. The Kier molecular flexibility index (Phi) is 6.41. The molecule has 0 unspecified atom stereocenters. The van der Waals surface area contributed by atoms with E-state index in [0.29, 0.717) is 22.9 Å². The Morgan fingerprint density at radius 2 is 1.50 bits per heavy atom. The fraction of sp³-hybridized carbons (Fsp3) is 0.0435. The third kappa shape index (κ3) is 4.53. The predicted molar refractivity (Wildman–Crippen MR) is 128 cm³/mol. The first-order valence-electron chi connectivity index (χ1n) is 9.02. The second kappa shape index (κ2) is 9.20. The van der Waals surface area contributed by atoms with Gasteiger partial charge in [0.15, 0.2) is 0 Å². The van der Waals surface area contributed by atoms with Crippen molar-refractivity contribution in [3.8, 4) is 5.75 Å². The highest BCUT2D eigenvalue weighted by Gasteiger charge is 2.36. The van der Waals surface area contributed by atoms with Crippen LogP contribution in [-0.4, -0.2) is 11.1 Å². The Labute approximate surface area is 195 Å². The molecule has 7 heteroatoms. The van der Waals surface area contributed by atoms with Crippen LogP contribution in [0.15, 0.2) is 86.6 Å². The zero-order chi connectivity index (χ0) is 21.1. The number of hydrogen-bond donors (Lipinski definition) is 0. The molecule has 3 aromatic carbocycles. The summed E-state index contributed by atoms with van der Waals surface area (Å²) in [6, 6.07) is 22.5. The van der Waals surface area contributed by atoms with Crippen molar-refractivity contribution in [2.45, 2.75) is 6.61 Å². The third-order valence-corrected chi connectivity index (χ3v) is 6.40. The van der Waals surface area contributed by atoms with Crippen LogP contribution < -0.4 is 9.64 Å². The van der Waals surface area contributed by atoms with Crippen molar-refractivity contribution < 1.29 is 14.3 Å². The van der Waals surface area contributed by atoms with Gasteiger partial charge in [-0.25, -0.2) is 4.90 Å². The number of nitrogens with zero attached hydrogens (tertiary/aromatic N) is 1. The molecule has 0 aromatic heterocycles. The maximum Gasteiger partial charge on any atom is 0.298 e. The number of thioether (sulfide) groups is 1. The fourth-order valence-electron chi connectivity index (χ4n) is 2.95. The molecule has 150 valence electrons. The van der Waals surface area contributed by atoms with Crippen molar-refractivity contribution in [3.63, 3.8) is 0 Å². The van der Waals surface area contributed by atoms with E-state index in [1.807, 2.05) is 48.5 Å². The second-order valence-corrected chi connectivity index (χ2v) is 9.14. The van der Waals surface area contributed by atoms with Crippen LogP contribution in [0.25, 0.3) is 6.08 Å². The molecule has 0 N–H and O–H groups in total. The highest BCUT2D eigenvalue weighted by Crippen LogP contribution is 2.39. The molecule has 1 aliphatic rings. The topological polar surface area (TPSA) is 46.6 Å². The quantitative estimate of drug-likeness (QED) is 0.323. The van der Waals surface area contributed by atoms with Gasteiger partial charge in [-0.3, -0.25) is 9.59 Å². The van der Waals surface area contributed by atoms with Crippen molar-refractivity contribution in [1.29, 1.82) is 0 Å². The van der Waals surface area contributed by atoms with Crippen LogP contribution in [0.2, 0.25) is 0 Å². The van der Waals surface area contributed by atoms with E-state index in [1.54, 1.807) is 30.3 Å². The number of benzene rings is 3. The van der Waals surface area contributed by atoms with Crippen LogP contribution in [0.4, 0.5) is 10.5 Å². The van der Waals surface area contributed by atoms with Gasteiger partial charge in [-0.1, -0.05) is 48.5 Å². The van der Waals surface area contributed by atoms with Gasteiger partial charge < -0.3 is 4.74 Å². The molecule has 0 spiro atoms. The summed E-state index contributed by atoms with van der Waals surface area (Å²) in [7, 11) is 0. The molecule has 1 heterocycles. The van der Waals surface area contributed by atoms with Gasteiger partial charge in [-0.2, -0.15) is 0 Å². The van der Waals surface area contributed by atoms with Gasteiger partial charge in [0, 0.05) is 0 Å². The minimum absolute atomic E-state index is 0.307. The molecule has 3 aromatic rings. The minimum atomic E-state index is -0.326. The molecule has 4 rings (SSSR count). The van der Waals surface area contributed by atoms with Gasteiger partial charge in [-0.05, 0) is 85.1 Å². The molecule has 2 amide bonds.